The average molecular weight is 282 g/mol. The van der Waals surface area contributed by atoms with Crippen molar-refractivity contribution in [2.45, 2.75) is 13.0 Å². The second-order valence-electron chi connectivity index (χ2n) is 3.68. The lowest BCUT2D eigenvalue weighted by molar-refractivity contribution is -0.117. The number of amides is 1. The number of carbonyl (C=O) groups excluding carboxylic acids is 1. The number of nitrogens with one attached hydrogen (secondary N) is 2. The number of aromatic amines is 1. The Balaban J connectivity index is 1.91. The van der Waals surface area contributed by atoms with Crippen LogP contribution >= 0.6 is 22.9 Å². The van der Waals surface area contributed by atoms with Crippen molar-refractivity contribution in [2.75, 3.05) is 0 Å². The van der Waals surface area contributed by atoms with Crippen molar-refractivity contribution in [3.05, 3.63) is 45.6 Å². The van der Waals surface area contributed by atoms with Gasteiger partial charge < -0.3 is 10.3 Å². The van der Waals surface area contributed by atoms with Gasteiger partial charge in [0.1, 0.15) is 5.82 Å². The summed E-state index contributed by atoms with van der Waals surface area (Å²) in [5, 5.41) is 2.81. The van der Waals surface area contributed by atoms with E-state index in [9.17, 15) is 4.79 Å². The van der Waals surface area contributed by atoms with Gasteiger partial charge in [0.15, 0.2) is 0 Å². The molecule has 1 amide bonds. The average Bonchev–Trinajstić information content (AvgIpc) is 2.97. The predicted molar refractivity (Wildman–Crippen MR) is 73.5 cm³/mol. The Labute approximate surface area is 114 Å². The van der Waals surface area contributed by atoms with E-state index in [-0.39, 0.29) is 11.9 Å². The van der Waals surface area contributed by atoms with Crippen LogP contribution < -0.4 is 5.32 Å². The van der Waals surface area contributed by atoms with Gasteiger partial charge in [-0.3, -0.25) is 4.79 Å². The van der Waals surface area contributed by atoms with Crippen LogP contribution in [-0.2, 0) is 4.79 Å². The van der Waals surface area contributed by atoms with Crippen LogP contribution in [0.15, 0.2) is 30.6 Å². The summed E-state index contributed by atoms with van der Waals surface area (Å²) in [6, 6.07) is 3.52. The third-order valence-electron chi connectivity index (χ3n) is 2.28. The Morgan fingerprint density at radius 3 is 3.06 bits per heavy atom. The van der Waals surface area contributed by atoms with Gasteiger partial charge in [0.2, 0.25) is 5.91 Å². The van der Waals surface area contributed by atoms with Gasteiger partial charge in [0, 0.05) is 23.3 Å². The van der Waals surface area contributed by atoms with Gasteiger partial charge in [0.05, 0.1) is 10.4 Å². The largest absolute Gasteiger partial charge is 0.347 e. The van der Waals surface area contributed by atoms with E-state index < -0.39 is 0 Å². The van der Waals surface area contributed by atoms with Crippen LogP contribution in [0, 0.1) is 0 Å². The van der Waals surface area contributed by atoms with Crippen LogP contribution in [0.25, 0.3) is 6.08 Å². The van der Waals surface area contributed by atoms with Gasteiger partial charge in [-0.15, -0.1) is 11.3 Å². The number of halogens is 1. The van der Waals surface area contributed by atoms with Crippen LogP contribution in [0.5, 0.6) is 0 Å². The van der Waals surface area contributed by atoms with E-state index in [1.54, 1.807) is 24.5 Å². The lowest BCUT2D eigenvalue weighted by Crippen LogP contribution is -2.25. The summed E-state index contributed by atoms with van der Waals surface area (Å²) in [5.74, 6) is 0.569. The minimum absolute atomic E-state index is 0.149. The number of rotatable bonds is 4. The number of H-pyrrole nitrogens is 1. The lowest BCUT2D eigenvalue weighted by Gasteiger charge is -2.08. The van der Waals surface area contributed by atoms with Crippen molar-refractivity contribution in [2.24, 2.45) is 0 Å². The van der Waals surface area contributed by atoms with Crippen molar-refractivity contribution < 1.29 is 4.79 Å². The smallest absolute Gasteiger partial charge is 0.244 e. The standard InChI is InChI=1S/C12H12ClN3OS/c1-8(12-14-6-7-15-12)16-11(17)5-3-9-2-4-10(13)18-9/h2-8H,1H3,(H,14,15)(H,16,17)/b5-3+. The van der Waals surface area contributed by atoms with Crippen molar-refractivity contribution in [1.82, 2.24) is 15.3 Å². The molecule has 1 atom stereocenters. The number of hydrogen-bond donors (Lipinski definition) is 2. The predicted octanol–water partition coefficient (Wildman–Crippen LogP) is 3.02. The van der Waals surface area contributed by atoms with E-state index in [1.165, 1.54) is 17.4 Å². The van der Waals surface area contributed by atoms with Crippen LogP contribution in [0.2, 0.25) is 4.34 Å². The first kappa shape index (κ1) is 12.9. The molecule has 0 spiro atoms. The zero-order chi connectivity index (χ0) is 13.0. The third kappa shape index (κ3) is 3.45. The molecule has 0 aromatic carbocycles. The number of hydrogen-bond acceptors (Lipinski definition) is 3. The molecule has 2 aromatic rings. The number of thiophene rings is 1. The molecule has 0 fully saturated rings. The summed E-state index contributed by atoms with van der Waals surface area (Å²) in [6.45, 7) is 1.87. The molecule has 0 bridgehead atoms. The quantitative estimate of drug-likeness (QED) is 0.847. The minimum atomic E-state index is -0.163. The normalized spacial score (nSPS) is 12.8. The van der Waals surface area contributed by atoms with E-state index in [0.717, 1.165) is 10.7 Å². The van der Waals surface area contributed by atoms with E-state index >= 15 is 0 Å². The van der Waals surface area contributed by atoms with Gasteiger partial charge in [-0.05, 0) is 25.1 Å². The van der Waals surface area contributed by atoms with Crippen molar-refractivity contribution in [3.8, 4) is 0 Å². The van der Waals surface area contributed by atoms with Crippen molar-refractivity contribution >= 4 is 34.9 Å². The lowest BCUT2D eigenvalue weighted by atomic mass is 10.3. The molecule has 0 aliphatic heterocycles. The van der Waals surface area contributed by atoms with E-state index in [1.807, 2.05) is 13.0 Å². The van der Waals surface area contributed by atoms with Gasteiger partial charge in [0.25, 0.3) is 0 Å². The molecule has 0 saturated heterocycles. The zero-order valence-electron chi connectivity index (χ0n) is 9.68. The fraction of sp³-hybridized carbons (Fsp3) is 0.167. The maximum absolute atomic E-state index is 11.7. The highest BCUT2D eigenvalue weighted by atomic mass is 35.5. The Morgan fingerprint density at radius 1 is 1.61 bits per heavy atom. The molecule has 2 N–H and O–H groups in total. The van der Waals surface area contributed by atoms with Gasteiger partial charge in [-0.2, -0.15) is 0 Å². The first-order valence-corrected chi connectivity index (χ1v) is 6.58. The molecule has 0 radical (unpaired) electrons. The Kier molecular flexibility index (Phi) is 4.17. The zero-order valence-corrected chi connectivity index (χ0v) is 11.3. The first-order chi connectivity index (χ1) is 8.65. The molecule has 1 unspecified atom stereocenters. The highest BCUT2D eigenvalue weighted by Gasteiger charge is 2.08. The molecular formula is C12H12ClN3OS. The molecule has 2 rings (SSSR count). The van der Waals surface area contributed by atoms with Crippen molar-refractivity contribution in [1.29, 1.82) is 0 Å². The van der Waals surface area contributed by atoms with Crippen LogP contribution in [-0.4, -0.2) is 15.9 Å². The first-order valence-electron chi connectivity index (χ1n) is 5.38. The number of imidazole rings is 1. The van der Waals surface area contributed by atoms with Crippen molar-refractivity contribution in [3.63, 3.8) is 0 Å². The van der Waals surface area contributed by atoms with Crippen LogP contribution in [0.1, 0.15) is 23.7 Å². The summed E-state index contributed by atoms with van der Waals surface area (Å²) in [5.41, 5.74) is 0. The summed E-state index contributed by atoms with van der Waals surface area (Å²) >= 11 is 7.23. The second kappa shape index (κ2) is 5.84. The van der Waals surface area contributed by atoms with E-state index in [4.69, 9.17) is 11.6 Å². The third-order valence-corrected chi connectivity index (χ3v) is 3.48. The molecule has 0 aliphatic rings. The Morgan fingerprint density at radius 2 is 2.44 bits per heavy atom. The summed E-state index contributed by atoms with van der Waals surface area (Å²) < 4.78 is 0.707. The molecule has 2 aromatic heterocycles. The molecule has 6 heteroatoms. The molecule has 18 heavy (non-hydrogen) atoms. The Hall–Kier alpha value is -1.59. The molecule has 94 valence electrons. The highest BCUT2D eigenvalue weighted by molar-refractivity contribution is 7.17. The maximum atomic E-state index is 11.7. The SMILES string of the molecule is CC(NC(=O)/C=C/c1ccc(Cl)s1)c1ncc[nH]1. The van der Waals surface area contributed by atoms with E-state index in [2.05, 4.69) is 15.3 Å². The number of nitrogens with zero attached hydrogens (tertiary/aromatic N) is 1. The topological polar surface area (TPSA) is 57.8 Å². The number of aromatic nitrogens is 2. The molecule has 0 saturated carbocycles. The molecular weight excluding hydrogens is 270 g/mol. The highest BCUT2D eigenvalue weighted by Crippen LogP contribution is 2.22. The number of carbonyl (C=O) groups is 1. The molecule has 0 aliphatic carbocycles. The van der Waals surface area contributed by atoms with Gasteiger partial charge in [-0.1, -0.05) is 11.6 Å². The van der Waals surface area contributed by atoms with Crippen LogP contribution in [0.4, 0.5) is 0 Å². The fourth-order valence-electron chi connectivity index (χ4n) is 1.42. The Bertz CT molecular complexity index is 547. The molecule has 2 heterocycles. The maximum Gasteiger partial charge on any atom is 0.244 e. The monoisotopic (exact) mass is 281 g/mol. The second-order valence-corrected chi connectivity index (χ2v) is 5.43. The van der Waals surface area contributed by atoms with Gasteiger partial charge >= 0.3 is 0 Å². The van der Waals surface area contributed by atoms with E-state index in [0.29, 0.717) is 4.34 Å². The summed E-state index contributed by atoms with van der Waals surface area (Å²) in [6.07, 6.45) is 6.60. The summed E-state index contributed by atoms with van der Waals surface area (Å²) in [4.78, 5) is 19.6. The van der Waals surface area contributed by atoms with Crippen LogP contribution in [0.3, 0.4) is 0 Å². The molecule has 4 nitrogen and oxygen atoms in total. The fourth-order valence-corrected chi connectivity index (χ4v) is 2.38. The minimum Gasteiger partial charge on any atom is -0.347 e. The summed E-state index contributed by atoms with van der Waals surface area (Å²) in [7, 11) is 0. The van der Waals surface area contributed by atoms with Gasteiger partial charge in [-0.25, -0.2) is 4.98 Å².